The van der Waals surface area contributed by atoms with E-state index in [1.54, 1.807) is 0 Å². The average Bonchev–Trinajstić information content (AvgIpc) is 2.32. The monoisotopic (exact) mass is 281 g/mol. The molecule has 1 fully saturated rings. The van der Waals surface area contributed by atoms with E-state index in [1.807, 2.05) is 0 Å². The molecular weight excluding hydrogens is 270 g/mol. The summed E-state index contributed by atoms with van der Waals surface area (Å²) >= 11 is 0. The van der Waals surface area contributed by atoms with Crippen molar-refractivity contribution in [2.45, 2.75) is 6.42 Å². The smallest absolute Gasteiger partial charge is 0.303 e. The molecule has 2 rings (SSSR count). The Bertz CT molecular complexity index is 631. The van der Waals surface area contributed by atoms with Crippen molar-refractivity contribution in [1.29, 1.82) is 0 Å². The molecule has 0 atom stereocenters. The first-order valence-corrected chi connectivity index (χ1v) is 5.76. The Morgan fingerprint density at radius 3 is 2.70 bits per heavy atom. The normalized spacial score (nSPS) is 14.7. The molecular formula is C11H11N3O6. The summed E-state index contributed by atoms with van der Waals surface area (Å²) in [6.45, 7) is 0.459. The van der Waals surface area contributed by atoms with E-state index in [0.717, 1.165) is 12.3 Å². The molecule has 0 radical (unpaired) electrons. The summed E-state index contributed by atoms with van der Waals surface area (Å²) in [6.07, 6.45) is 0.873. The molecule has 1 aliphatic rings. The fraction of sp³-hybridized carbons (Fsp3) is 0.364. The molecule has 1 aromatic rings. The lowest BCUT2D eigenvalue weighted by molar-refractivity contribution is -0.385. The van der Waals surface area contributed by atoms with Crippen LogP contribution in [0.15, 0.2) is 17.1 Å². The maximum atomic E-state index is 12.0. The highest BCUT2D eigenvalue weighted by Gasteiger charge is 2.34. The summed E-state index contributed by atoms with van der Waals surface area (Å²) in [4.78, 5) is 47.3. The second-order valence-corrected chi connectivity index (χ2v) is 4.53. The van der Waals surface area contributed by atoms with Crippen molar-refractivity contribution in [3.05, 3.63) is 38.3 Å². The zero-order chi connectivity index (χ0) is 14.9. The molecule has 1 saturated heterocycles. The highest BCUT2D eigenvalue weighted by molar-refractivity contribution is 5.95. The van der Waals surface area contributed by atoms with Crippen molar-refractivity contribution in [1.82, 2.24) is 9.88 Å². The van der Waals surface area contributed by atoms with Crippen LogP contribution >= 0.6 is 0 Å². The maximum absolute atomic E-state index is 12.0. The Hall–Kier alpha value is -2.71. The summed E-state index contributed by atoms with van der Waals surface area (Å²) in [5.41, 5.74) is -1.40. The number of aromatic amines is 1. The van der Waals surface area contributed by atoms with Crippen molar-refractivity contribution in [2.75, 3.05) is 13.1 Å². The Labute approximate surface area is 112 Å². The zero-order valence-electron chi connectivity index (χ0n) is 10.2. The Morgan fingerprint density at radius 2 is 2.15 bits per heavy atom. The van der Waals surface area contributed by atoms with E-state index in [2.05, 4.69) is 4.98 Å². The van der Waals surface area contributed by atoms with Crippen LogP contribution in [0.5, 0.6) is 0 Å². The van der Waals surface area contributed by atoms with Gasteiger partial charge in [-0.25, -0.2) is 0 Å². The molecule has 1 aromatic heterocycles. The second kappa shape index (κ2) is 5.11. The first-order valence-electron chi connectivity index (χ1n) is 5.76. The number of aromatic nitrogens is 1. The minimum absolute atomic E-state index is 0.0466. The van der Waals surface area contributed by atoms with Crippen molar-refractivity contribution >= 4 is 17.6 Å². The highest BCUT2D eigenvalue weighted by atomic mass is 16.6. The molecule has 9 heteroatoms. The van der Waals surface area contributed by atoms with Crippen molar-refractivity contribution in [3.8, 4) is 0 Å². The molecule has 0 spiro atoms. The lowest BCUT2D eigenvalue weighted by Gasteiger charge is -2.38. The van der Waals surface area contributed by atoms with E-state index in [-0.39, 0.29) is 36.7 Å². The fourth-order valence-corrected chi connectivity index (χ4v) is 2.02. The third kappa shape index (κ3) is 2.66. The van der Waals surface area contributed by atoms with Crippen molar-refractivity contribution < 1.29 is 19.6 Å². The van der Waals surface area contributed by atoms with Gasteiger partial charge in [0.2, 0.25) is 0 Å². The molecule has 0 bridgehead atoms. The van der Waals surface area contributed by atoms with E-state index in [9.17, 15) is 24.5 Å². The first kappa shape index (κ1) is 13.7. The van der Waals surface area contributed by atoms with Gasteiger partial charge >= 0.3 is 5.97 Å². The molecule has 106 valence electrons. The number of aliphatic carboxylic acids is 1. The number of H-pyrrole nitrogens is 1. The average molecular weight is 281 g/mol. The number of amides is 1. The molecule has 9 nitrogen and oxygen atoms in total. The van der Waals surface area contributed by atoms with Gasteiger partial charge in [0.25, 0.3) is 17.2 Å². The van der Waals surface area contributed by atoms with Gasteiger partial charge in [-0.3, -0.25) is 24.5 Å². The number of nitro groups is 1. The molecule has 20 heavy (non-hydrogen) atoms. The quantitative estimate of drug-likeness (QED) is 0.581. The van der Waals surface area contributed by atoms with Crippen LogP contribution in [0.3, 0.4) is 0 Å². The predicted molar refractivity (Wildman–Crippen MR) is 65.4 cm³/mol. The van der Waals surface area contributed by atoms with Gasteiger partial charge in [-0.1, -0.05) is 0 Å². The number of carboxylic acids is 1. The second-order valence-electron chi connectivity index (χ2n) is 4.53. The number of nitrogens with zero attached hydrogens (tertiary/aromatic N) is 2. The number of pyridine rings is 1. The van der Waals surface area contributed by atoms with Crippen LogP contribution in [-0.4, -0.2) is 44.9 Å². The van der Waals surface area contributed by atoms with Gasteiger partial charge in [-0.2, -0.15) is 0 Å². The Kier molecular flexibility index (Phi) is 3.51. The van der Waals surface area contributed by atoms with Gasteiger partial charge in [0.05, 0.1) is 17.5 Å². The highest BCUT2D eigenvalue weighted by Crippen LogP contribution is 2.21. The minimum atomic E-state index is -0.949. The number of hydrogen-bond donors (Lipinski definition) is 2. The van der Waals surface area contributed by atoms with Crippen LogP contribution in [0.25, 0.3) is 0 Å². The molecule has 2 N–H and O–H groups in total. The number of hydrogen-bond acceptors (Lipinski definition) is 5. The molecule has 1 amide bonds. The first-order chi connectivity index (χ1) is 9.38. The van der Waals surface area contributed by atoms with Gasteiger partial charge in [-0.15, -0.1) is 0 Å². The zero-order valence-corrected chi connectivity index (χ0v) is 10.2. The summed E-state index contributed by atoms with van der Waals surface area (Å²) in [6, 6.07) is 0.922. The van der Waals surface area contributed by atoms with Crippen LogP contribution in [0, 0.1) is 16.0 Å². The molecule has 0 aromatic carbocycles. The SMILES string of the molecule is O=C(O)CC1CN(C(=O)c2cc([N+](=O)[O-])c[nH]c2=O)C1. The molecule has 0 unspecified atom stereocenters. The Morgan fingerprint density at radius 1 is 1.50 bits per heavy atom. The minimum Gasteiger partial charge on any atom is -0.481 e. The van der Waals surface area contributed by atoms with E-state index < -0.39 is 22.4 Å². The summed E-state index contributed by atoms with van der Waals surface area (Å²) in [7, 11) is 0. The largest absolute Gasteiger partial charge is 0.481 e. The lowest BCUT2D eigenvalue weighted by Crippen LogP contribution is -2.51. The number of rotatable bonds is 4. The van der Waals surface area contributed by atoms with E-state index in [4.69, 9.17) is 5.11 Å². The van der Waals surface area contributed by atoms with Gasteiger partial charge in [-0.05, 0) is 0 Å². The van der Waals surface area contributed by atoms with E-state index >= 15 is 0 Å². The number of carbonyl (C=O) groups excluding carboxylic acids is 1. The van der Waals surface area contributed by atoms with Crippen LogP contribution in [0.4, 0.5) is 5.69 Å². The third-order valence-electron chi connectivity index (χ3n) is 3.04. The third-order valence-corrected chi connectivity index (χ3v) is 3.04. The van der Waals surface area contributed by atoms with Crippen LogP contribution < -0.4 is 5.56 Å². The topological polar surface area (TPSA) is 134 Å². The molecule has 0 saturated carbocycles. The van der Waals surface area contributed by atoms with E-state index in [0.29, 0.717) is 0 Å². The van der Waals surface area contributed by atoms with Crippen LogP contribution in [-0.2, 0) is 4.79 Å². The summed E-state index contributed by atoms with van der Waals surface area (Å²) in [5, 5.41) is 19.2. The van der Waals surface area contributed by atoms with Gasteiger partial charge < -0.3 is 15.0 Å². The number of nitrogens with one attached hydrogen (secondary N) is 1. The summed E-state index contributed by atoms with van der Waals surface area (Å²) in [5.74, 6) is -1.72. The maximum Gasteiger partial charge on any atom is 0.303 e. The van der Waals surface area contributed by atoms with Crippen LogP contribution in [0.2, 0.25) is 0 Å². The standard InChI is InChI=1S/C11H11N3O6/c15-9(16)1-6-4-13(5-6)11(18)8-2-7(14(19)20)3-12-10(8)17/h2-3,6H,1,4-5H2,(H,12,17)(H,15,16). The van der Waals surface area contributed by atoms with Crippen LogP contribution in [0.1, 0.15) is 16.8 Å². The van der Waals surface area contributed by atoms with Gasteiger partial charge in [0, 0.05) is 25.1 Å². The molecule has 2 heterocycles. The Balaban J connectivity index is 2.11. The number of carbonyl (C=O) groups is 2. The lowest BCUT2D eigenvalue weighted by atomic mass is 9.95. The van der Waals surface area contributed by atoms with Gasteiger partial charge in [0.1, 0.15) is 5.56 Å². The fourth-order valence-electron chi connectivity index (χ4n) is 2.02. The molecule has 0 aliphatic carbocycles. The van der Waals surface area contributed by atoms with Crippen molar-refractivity contribution in [2.24, 2.45) is 5.92 Å². The van der Waals surface area contributed by atoms with E-state index in [1.165, 1.54) is 4.90 Å². The number of carboxylic acid groups (broad SMARTS) is 1. The number of likely N-dealkylation sites (tertiary alicyclic amines) is 1. The van der Waals surface area contributed by atoms with Gasteiger partial charge in [0.15, 0.2) is 0 Å². The predicted octanol–water partition coefficient (Wildman–Crippen LogP) is -0.170. The van der Waals surface area contributed by atoms with Crippen molar-refractivity contribution in [3.63, 3.8) is 0 Å². The summed E-state index contributed by atoms with van der Waals surface area (Å²) < 4.78 is 0. The molecule has 1 aliphatic heterocycles.